The van der Waals surface area contributed by atoms with Gasteiger partial charge < -0.3 is 4.90 Å². The molecule has 0 aromatic rings. The van der Waals surface area contributed by atoms with E-state index in [1.54, 1.807) is 0 Å². The van der Waals surface area contributed by atoms with Crippen molar-refractivity contribution in [3.8, 4) is 0 Å². The number of hydrogen-bond acceptors (Lipinski definition) is 2. The van der Waals surface area contributed by atoms with Crippen molar-refractivity contribution in [3.63, 3.8) is 0 Å². The second-order valence-electron chi connectivity index (χ2n) is 3.83. The minimum atomic E-state index is 0.586. The van der Waals surface area contributed by atoms with Crippen LogP contribution in [0.2, 0.25) is 0 Å². The molecule has 66 valence electrons. The first kappa shape index (κ1) is 9.40. The fourth-order valence-electron chi connectivity index (χ4n) is 1.78. The maximum Gasteiger partial charge on any atom is -0.000894 e. The van der Waals surface area contributed by atoms with Crippen molar-refractivity contribution >= 4 is 12.6 Å². The van der Waals surface area contributed by atoms with E-state index in [1.165, 1.54) is 32.4 Å². The zero-order chi connectivity index (χ0) is 8.27. The van der Waals surface area contributed by atoms with Crippen molar-refractivity contribution in [3.05, 3.63) is 0 Å². The number of piperidine rings is 1. The molecule has 0 aliphatic carbocycles. The number of rotatable bonds is 2. The van der Waals surface area contributed by atoms with Crippen molar-refractivity contribution in [2.75, 3.05) is 20.1 Å². The van der Waals surface area contributed by atoms with E-state index in [0.717, 1.165) is 5.92 Å². The van der Waals surface area contributed by atoms with Crippen molar-refractivity contribution in [2.45, 2.75) is 31.4 Å². The van der Waals surface area contributed by atoms with Crippen LogP contribution in [-0.4, -0.2) is 30.3 Å². The van der Waals surface area contributed by atoms with E-state index in [1.807, 2.05) is 0 Å². The van der Waals surface area contributed by atoms with Crippen LogP contribution < -0.4 is 0 Å². The van der Waals surface area contributed by atoms with Crippen LogP contribution in [0.1, 0.15) is 26.2 Å². The Labute approximate surface area is 75.6 Å². The molecule has 0 amide bonds. The maximum absolute atomic E-state index is 4.42. The predicted octanol–water partition coefficient (Wildman–Crippen LogP) is 2.04. The lowest BCUT2D eigenvalue weighted by molar-refractivity contribution is 0.213. The Morgan fingerprint density at radius 3 is 2.45 bits per heavy atom. The summed E-state index contributed by atoms with van der Waals surface area (Å²) in [7, 11) is 2.21. The summed E-state index contributed by atoms with van der Waals surface area (Å²) in [5, 5.41) is 0.586. The zero-order valence-electron chi connectivity index (χ0n) is 7.58. The van der Waals surface area contributed by atoms with Gasteiger partial charge in [0.2, 0.25) is 0 Å². The Balaban J connectivity index is 2.17. The Kier molecular flexibility index (Phi) is 3.73. The highest BCUT2D eigenvalue weighted by molar-refractivity contribution is 7.80. The summed E-state index contributed by atoms with van der Waals surface area (Å²) in [5.41, 5.74) is 0. The van der Waals surface area contributed by atoms with Crippen LogP contribution in [0, 0.1) is 5.92 Å². The molecular weight excluding hydrogens is 154 g/mol. The summed E-state index contributed by atoms with van der Waals surface area (Å²) in [5.74, 6) is 0.943. The summed E-state index contributed by atoms with van der Waals surface area (Å²) < 4.78 is 0. The summed E-state index contributed by atoms with van der Waals surface area (Å²) >= 11 is 4.42. The largest absolute Gasteiger partial charge is 0.306 e. The highest BCUT2D eigenvalue weighted by Gasteiger charge is 2.17. The van der Waals surface area contributed by atoms with Crippen LogP contribution in [0.25, 0.3) is 0 Å². The monoisotopic (exact) mass is 173 g/mol. The average Bonchev–Trinajstić information content (AvgIpc) is 1.93. The molecule has 0 bridgehead atoms. The number of thiol groups is 1. The number of likely N-dealkylation sites (tertiary alicyclic amines) is 1. The lowest BCUT2D eigenvalue weighted by atomic mass is 9.93. The smallest absolute Gasteiger partial charge is 0.000894 e. The topological polar surface area (TPSA) is 3.24 Å². The van der Waals surface area contributed by atoms with Gasteiger partial charge in [0.05, 0.1) is 0 Å². The minimum Gasteiger partial charge on any atom is -0.306 e. The molecule has 0 N–H and O–H groups in total. The molecular formula is C9H19NS. The van der Waals surface area contributed by atoms with Crippen molar-refractivity contribution < 1.29 is 0 Å². The Morgan fingerprint density at radius 2 is 2.00 bits per heavy atom. The first-order valence-electron chi connectivity index (χ1n) is 4.55. The van der Waals surface area contributed by atoms with Gasteiger partial charge in [-0.3, -0.25) is 0 Å². The molecule has 1 rings (SSSR count). The van der Waals surface area contributed by atoms with E-state index in [2.05, 4.69) is 31.5 Å². The van der Waals surface area contributed by atoms with E-state index in [4.69, 9.17) is 0 Å². The van der Waals surface area contributed by atoms with Crippen LogP contribution in [0.15, 0.2) is 0 Å². The van der Waals surface area contributed by atoms with Gasteiger partial charge >= 0.3 is 0 Å². The third kappa shape index (κ3) is 3.48. The molecule has 1 unspecified atom stereocenters. The normalized spacial score (nSPS) is 25.4. The lowest BCUT2D eigenvalue weighted by Crippen LogP contribution is -2.30. The van der Waals surface area contributed by atoms with Gasteiger partial charge in [-0.1, -0.05) is 6.92 Å². The second-order valence-corrected chi connectivity index (χ2v) is 4.71. The molecule has 1 heterocycles. The third-order valence-electron chi connectivity index (χ3n) is 2.51. The standard InChI is InChI=1S/C9H19NS/c1-8(11)7-9-3-5-10(2)6-4-9/h8-9,11H,3-7H2,1-2H3. The summed E-state index contributed by atoms with van der Waals surface area (Å²) in [4.78, 5) is 2.42. The van der Waals surface area contributed by atoms with Gasteiger partial charge in [-0.05, 0) is 50.6 Å². The first-order valence-corrected chi connectivity index (χ1v) is 5.06. The molecule has 1 aliphatic rings. The van der Waals surface area contributed by atoms with Crippen LogP contribution in [0.5, 0.6) is 0 Å². The van der Waals surface area contributed by atoms with Crippen molar-refractivity contribution in [2.24, 2.45) is 5.92 Å². The molecule has 1 fully saturated rings. The molecule has 11 heavy (non-hydrogen) atoms. The molecule has 0 aromatic carbocycles. The van der Waals surface area contributed by atoms with E-state index >= 15 is 0 Å². The fraction of sp³-hybridized carbons (Fsp3) is 1.00. The fourth-order valence-corrected chi connectivity index (χ4v) is 2.08. The van der Waals surface area contributed by atoms with E-state index in [-0.39, 0.29) is 0 Å². The summed E-state index contributed by atoms with van der Waals surface area (Å²) in [6.07, 6.45) is 4.06. The summed E-state index contributed by atoms with van der Waals surface area (Å²) in [6, 6.07) is 0. The Hall–Kier alpha value is 0.310. The maximum atomic E-state index is 4.42. The number of nitrogens with zero attached hydrogens (tertiary/aromatic N) is 1. The quantitative estimate of drug-likeness (QED) is 0.625. The zero-order valence-corrected chi connectivity index (χ0v) is 8.48. The molecule has 0 aromatic heterocycles. The number of hydrogen-bond donors (Lipinski definition) is 1. The van der Waals surface area contributed by atoms with Gasteiger partial charge in [0.25, 0.3) is 0 Å². The Bertz CT molecular complexity index is 106. The first-order chi connectivity index (χ1) is 5.18. The molecule has 0 spiro atoms. The van der Waals surface area contributed by atoms with Gasteiger partial charge in [0.1, 0.15) is 0 Å². The predicted molar refractivity (Wildman–Crippen MR) is 53.3 cm³/mol. The van der Waals surface area contributed by atoms with Gasteiger partial charge in [0, 0.05) is 0 Å². The van der Waals surface area contributed by atoms with Crippen molar-refractivity contribution in [1.82, 2.24) is 4.90 Å². The molecule has 0 radical (unpaired) electrons. The average molecular weight is 173 g/mol. The van der Waals surface area contributed by atoms with Crippen LogP contribution in [0.4, 0.5) is 0 Å². The van der Waals surface area contributed by atoms with Gasteiger partial charge in [-0.2, -0.15) is 12.6 Å². The lowest BCUT2D eigenvalue weighted by Gasteiger charge is -2.29. The minimum absolute atomic E-state index is 0.586. The van der Waals surface area contributed by atoms with Crippen LogP contribution in [0.3, 0.4) is 0 Å². The highest BCUT2D eigenvalue weighted by atomic mass is 32.1. The van der Waals surface area contributed by atoms with Gasteiger partial charge in [0.15, 0.2) is 0 Å². The SMILES string of the molecule is CC(S)CC1CCN(C)CC1. The molecule has 2 heteroatoms. The van der Waals surface area contributed by atoms with E-state index in [0.29, 0.717) is 5.25 Å². The third-order valence-corrected chi connectivity index (χ3v) is 2.72. The molecule has 1 nitrogen and oxygen atoms in total. The molecule has 0 saturated carbocycles. The van der Waals surface area contributed by atoms with E-state index < -0.39 is 0 Å². The van der Waals surface area contributed by atoms with Gasteiger partial charge in [-0.15, -0.1) is 0 Å². The van der Waals surface area contributed by atoms with Crippen LogP contribution >= 0.6 is 12.6 Å². The summed E-state index contributed by atoms with van der Waals surface area (Å²) in [6.45, 7) is 4.76. The molecule has 1 aliphatic heterocycles. The molecule has 1 atom stereocenters. The molecule has 1 saturated heterocycles. The Morgan fingerprint density at radius 1 is 1.45 bits per heavy atom. The van der Waals surface area contributed by atoms with Crippen LogP contribution in [-0.2, 0) is 0 Å². The van der Waals surface area contributed by atoms with Crippen molar-refractivity contribution in [1.29, 1.82) is 0 Å². The highest BCUT2D eigenvalue weighted by Crippen LogP contribution is 2.22. The van der Waals surface area contributed by atoms with Gasteiger partial charge in [-0.25, -0.2) is 0 Å². The van der Waals surface area contributed by atoms with E-state index in [9.17, 15) is 0 Å². The second kappa shape index (κ2) is 4.36.